The average Bonchev–Trinajstić information content (AvgIpc) is 2.32. The van der Waals surface area contributed by atoms with E-state index in [1.54, 1.807) is 0 Å². The van der Waals surface area contributed by atoms with Crippen LogP contribution in [0.4, 0.5) is 0 Å². The van der Waals surface area contributed by atoms with E-state index >= 15 is 0 Å². The predicted octanol–water partition coefficient (Wildman–Crippen LogP) is 5.10. The minimum atomic E-state index is 0. The van der Waals surface area contributed by atoms with E-state index < -0.39 is 0 Å². The van der Waals surface area contributed by atoms with Gasteiger partial charge in [0, 0.05) is 15.5 Å². The summed E-state index contributed by atoms with van der Waals surface area (Å²) in [5, 5.41) is 0.768. The topological polar surface area (TPSA) is 26.0 Å². The molecule has 0 saturated heterocycles. The van der Waals surface area contributed by atoms with Crippen molar-refractivity contribution in [2.45, 2.75) is 38.1 Å². The number of rotatable bonds is 2. The highest BCUT2D eigenvalue weighted by atomic mass is 79.9. The van der Waals surface area contributed by atoms with Gasteiger partial charge in [-0.25, -0.2) is 0 Å². The van der Waals surface area contributed by atoms with Crippen LogP contribution in [0.2, 0.25) is 5.02 Å². The number of halogens is 3. The number of hydrogen-bond donors (Lipinski definition) is 1. The van der Waals surface area contributed by atoms with E-state index in [1.165, 1.54) is 32.1 Å². The third-order valence-corrected chi connectivity index (χ3v) is 4.43. The van der Waals surface area contributed by atoms with Gasteiger partial charge in [0.1, 0.15) is 0 Å². The first-order chi connectivity index (χ1) is 7.68. The minimum Gasteiger partial charge on any atom is -0.324 e. The van der Waals surface area contributed by atoms with Gasteiger partial charge in [-0.2, -0.15) is 0 Å². The van der Waals surface area contributed by atoms with Crippen molar-refractivity contribution < 1.29 is 0 Å². The maximum atomic E-state index is 6.35. The average molecular weight is 339 g/mol. The molecule has 0 aromatic heterocycles. The van der Waals surface area contributed by atoms with Crippen molar-refractivity contribution in [3.8, 4) is 0 Å². The Balaban J connectivity index is 0.00000144. The van der Waals surface area contributed by atoms with Gasteiger partial charge in [0.2, 0.25) is 0 Å². The normalized spacial score (nSPS) is 18.5. The zero-order chi connectivity index (χ0) is 11.5. The molecule has 0 amide bonds. The van der Waals surface area contributed by atoms with Crippen molar-refractivity contribution >= 4 is 39.9 Å². The number of benzene rings is 1. The zero-order valence-corrected chi connectivity index (χ0v) is 12.8. The molecule has 0 bridgehead atoms. The highest BCUT2D eigenvalue weighted by molar-refractivity contribution is 9.10. The molecule has 0 aliphatic heterocycles. The Kier molecular flexibility index (Phi) is 6.28. The summed E-state index contributed by atoms with van der Waals surface area (Å²) in [6, 6.07) is 5.99. The molecule has 1 aliphatic carbocycles. The highest BCUT2D eigenvalue weighted by Gasteiger charge is 2.23. The van der Waals surface area contributed by atoms with Crippen LogP contribution in [0.15, 0.2) is 22.7 Å². The van der Waals surface area contributed by atoms with Gasteiger partial charge in [-0.15, -0.1) is 12.4 Å². The lowest BCUT2D eigenvalue weighted by molar-refractivity contribution is 0.307. The number of nitrogens with two attached hydrogens (primary N) is 1. The summed E-state index contributed by atoms with van der Waals surface area (Å²) in [7, 11) is 0. The molecule has 1 aromatic carbocycles. The van der Waals surface area contributed by atoms with E-state index in [2.05, 4.69) is 15.9 Å². The molecule has 2 rings (SSSR count). The molecule has 4 heteroatoms. The molecule has 0 radical (unpaired) electrons. The second kappa shape index (κ2) is 6.98. The maximum Gasteiger partial charge on any atom is 0.0410 e. The lowest BCUT2D eigenvalue weighted by Gasteiger charge is -2.28. The van der Waals surface area contributed by atoms with Gasteiger partial charge in [0.15, 0.2) is 0 Å². The van der Waals surface area contributed by atoms with Gasteiger partial charge in [0.25, 0.3) is 0 Å². The SMILES string of the molecule is Cl.N[C@H](c1cc(Cl)ccc1Br)C1CCCCC1. The Morgan fingerprint density at radius 3 is 2.53 bits per heavy atom. The predicted molar refractivity (Wildman–Crippen MR) is 79.9 cm³/mol. The van der Waals surface area contributed by atoms with Crippen molar-refractivity contribution in [3.63, 3.8) is 0 Å². The smallest absolute Gasteiger partial charge is 0.0410 e. The zero-order valence-electron chi connectivity index (χ0n) is 9.66. The third-order valence-electron chi connectivity index (χ3n) is 3.47. The van der Waals surface area contributed by atoms with Crippen LogP contribution >= 0.6 is 39.9 Å². The van der Waals surface area contributed by atoms with E-state index in [4.69, 9.17) is 17.3 Å². The van der Waals surface area contributed by atoms with Crippen LogP contribution in [-0.4, -0.2) is 0 Å². The van der Waals surface area contributed by atoms with Gasteiger partial charge in [-0.1, -0.05) is 46.8 Å². The summed E-state index contributed by atoms with van der Waals surface area (Å²) in [6.07, 6.45) is 6.49. The van der Waals surface area contributed by atoms with E-state index in [0.29, 0.717) is 5.92 Å². The lowest BCUT2D eigenvalue weighted by atomic mass is 9.81. The fourth-order valence-electron chi connectivity index (χ4n) is 2.52. The first-order valence-electron chi connectivity index (χ1n) is 5.89. The van der Waals surface area contributed by atoms with Crippen LogP contribution in [0, 0.1) is 5.92 Å². The molecule has 0 spiro atoms. The van der Waals surface area contributed by atoms with E-state index in [9.17, 15) is 0 Å². The van der Waals surface area contributed by atoms with E-state index in [-0.39, 0.29) is 18.4 Å². The van der Waals surface area contributed by atoms with Crippen molar-refractivity contribution in [1.82, 2.24) is 0 Å². The molecule has 17 heavy (non-hydrogen) atoms. The first-order valence-corrected chi connectivity index (χ1v) is 7.06. The molecular formula is C13H18BrCl2N. The molecule has 1 fully saturated rings. The van der Waals surface area contributed by atoms with Crippen LogP contribution < -0.4 is 5.73 Å². The van der Waals surface area contributed by atoms with Crippen LogP contribution in [0.1, 0.15) is 43.7 Å². The second-order valence-corrected chi connectivity index (χ2v) is 5.88. The number of hydrogen-bond acceptors (Lipinski definition) is 1. The first kappa shape index (κ1) is 15.3. The standard InChI is InChI=1S/C13H17BrClN.ClH/c14-12-7-6-10(15)8-11(12)13(16)9-4-2-1-3-5-9;/h6-9,13H,1-5,16H2;1H/t13-;/m0./s1. The molecule has 1 saturated carbocycles. The van der Waals surface area contributed by atoms with Gasteiger partial charge in [-0.05, 0) is 42.5 Å². The summed E-state index contributed by atoms with van der Waals surface area (Å²) in [5.74, 6) is 0.614. The summed E-state index contributed by atoms with van der Waals surface area (Å²) in [5.41, 5.74) is 7.50. The molecule has 1 aromatic rings. The van der Waals surface area contributed by atoms with Crippen LogP contribution in [0.25, 0.3) is 0 Å². The van der Waals surface area contributed by atoms with Crippen molar-refractivity contribution in [2.75, 3.05) is 0 Å². The van der Waals surface area contributed by atoms with Crippen LogP contribution in [0.3, 0.4) is 0 Å². The summed E-state index contributed by atoms with van der Waals surface area (Å²) in [6.45, 7) is 0. The fraction of sp³-hybridized carbons (Fsp3) is 0.538. The Hall–Kier alpha value is 0.240. The van der Waals surface area contributed by atoms with E-state index in [1.807, 2.05) is 18.2 Å². The Labute approximate surface area is 123 Å². The Morgan fingerprint density at radius 1 is 1.24 bits per heavy atom. The van der Waals surface area contributed by atoms with Gasteiger partial charge in [-0.3, -0.25) is 0 Å². The van der Waals surface area contributed by atoms with Gasteiger partial charge < -0.3 is 5.73 Å². The molecule has 0 heterocycles. The molecule has 96 valence electrons. The largest absolute Gasteiger partial charge is 0.324 e. The summed E-state index contributed by atoms with van der Waals surface area (Å²) < 4.78 is 1.08. The van der Waals surface area contributed by atoms with Crippen molar-refractivity contribution in [1.29, 1.82) is 0 Å². The molecule has 2 N–H and O–H groups in total. The van der Waals surface area contributed by atoms with Gasteiger partial charge >= 0.3 is 0 Å². The minimum absolute atomic E-state index is 0. The molecule has 1 atom stereocenters. The third kappa shape index (κ3) is 3.85. The molecule has 1 nitrogen and oxygen atoms in total. The van der Waals surface area contributed by atoms with E-state index in [0.717, 1.165) is 15.1 Å². The van der Waals surface area contributed by atoms with Crippen molar-refractivity contribution in [3.05, 3.63) is 33.3 Å². The molecule has 0 unspecified atom stereocenters. The lowest BCUT2D eigenvalue weighted by Crippen LogP contribution is -2.23. The Bertz CT molecular complexity index is 364. The maximum absolute atomic E-state index is 6.35. The summed E-state index contributed by atoms with van der Waals surface area (Å²) >= 11 is 9.58. The van der Waals surface area contributed by atoms with Gasteiger partial charge in [0.05, 0.1) is 0 Å². The molecular weight excluding hydrogens is 321 g/mol. The highest BCUT2D eigenvalue weighted by Crippen LogP contribution is 2.36. The van der Waals surface area contributed by atoms with Crippen molar-refractivity contribution in [2.24, 2.45) is 11.7 Å². The monoisotopic (exact) mass is 337 g/mol. The van der Waals surface area contributed by atoms with Crippen LogP contribution in [-0.2, 0) is 0 Å². The quantitative estimate of drug-likeness (QED) is 0.797. The summed E-state index contributed by atoms with van der Waals surface area (Å²) in [4.78, 5) is 0. The van der Waals surface area contributed by atoms with Crippen LogP contribution in [0.5, 0.6) is 0 Å². The second-order valence-electron chi connectivity index (χ2n) is 4.59. The Morgan fingerprint density at radius 2 is 1.88 bits per heavy atom. The molecule has 1 aliphatic rings. The fourth-order valence-corrected chi connectivity index (χ4v) is 3.21.